The lowest BCUT2D eigenvalue weighted by atomic mass is 9.94. The number of carbonyl (C=O) groups excluding carboxylic acids is 2. The topological polar surface area (TPSA) is 61.4 Å². The van der Waals surface area contributed by atoms with Crippen LogP contribution in [0.5, 0.6) is 0 Å². The first kappa shape index (κ1) is 21.5. The van der Waals surface area contributed by atoms with Crippen molar-refractivity contribution in [3.05, 3.63) is 34.9 Å². The van der Waals surface area contributed by atoms with Crippen LogP contribution in [0.15, 0.2) is 24.3 Å². The van der Waals surface area contributed by atoms with Crippen LogP contribution < -0.4 is 10.6 Å². The van der Waals surface area contributed by atoms with Crippen molar-refractivity contribution in [1.29, 1.82) is 0 Å². The number of nitrogens with zero attached hydrogens (tertiary/aromatic N) is 1. The van der Waals surface area contributed by atoms with E-state index in [1.807, 2.05) is 29.2 Å². The van der Waals surface area contributed by atoms with Crippen molar-refractivity contribution in [2.45, 2.75) is 52.5 Å². The summed E-state index contributed by atoms with van der Waals surface area (Å²) < 4.78 is 0. The fourth-order valence-electron chi connectivity index (χ4n) is 3.45. The van der Waals surface area contributed by atoms with Gasteiger partial charge in [-0.25, -0.2) is 4.79 Å². The van der Waals surface area contributed by atoms with Crippen LogP contribution in [0.1, 0.15) is 58.1 Å². The molecule has 150 valence electrons. The summed E-state index contributed by atoms with van der Waals surface area (Å²) in [4.78, 5) is 26.7. The van der Waals surface area contributed by atoms with Crippen LogP contribution in [0.4, 0.5) is 4.79 Å². The summed E-state index contributed by atoms with van der Waals surface area (Å²) in [5, 5.41) is 6.79. The average molecular weight is 394 g/mol. The number of halogens is 1. The minimum Gasteiger partial charge on any atom is -0.349 e. The monoisotopic (exact) mass is 393 g/mol. The normalized spacial score (nSPS) is 18.3. The predicted octanol–water partition coefficient (Wildman–Crippen LogP) is 4.38. The minimum absolute atomic E-state index is 0.0104. The maximum Gasteiger partial charge on any atom is 0.317 e. The molecule has 2 atom stereocenters. The van der Waals surface area contributed by atoms with Crippen molar-refractivity contribution in [2.75, 3.05) is 19.6 Å². The van der Waals surface area contributed by atoms with Gasteiger partial charge in [-0.05, 0) is 48.8 Å². The molecule has 0 spiro atoms. The number of rotatable bonds is 7. The number of likely N-dealkylation sites (tertiary alicyclic amines) is 1. The van der Waals surface area contributed by atoms with E-state index in [-0.39, 0.29) is 23.9 Å². The van der Waals surface area contributed by atoms with Gasteiger partial charge in [-0.15, -0.1) is 0 Å². The van der Waals surface area contributed by atoms with Gasteiger partial charge in [0.15, 0.2) is 0 Å². The first-order chi connectivity index (χ1) is 12.9. The smallest absolute Gasteiger partial charge is 0.317 e. The Balaban J connectivity index is 1.85. The molecule has 0 aliphatic carbocycles. The molecule has 27 heavy (non-hydrogen) atoms. The Morgan fingerprint density at radius 1 is 1.26 bits per heavy atom. The van der Waals surface area contributed by atoms with E-state index < -0.39 is 0 Å². The molecule has 1 aliphatic heterocycles. The standard InChI is InChI=1S/C21H32ClN3O2/c1-4-19(17-7-9-18(22)10-8-17)24-20(26)12-16-6-5-11-25(14-16)21(27)23-13-15(2)3/h7-10,15-16,19H,4-6,11-14H2,1-3H3,(H,23,27)(H,24,26)/t16-,19-/m0/s1. The fraction of sp³-hybridized carbons (Fsp3) is 0.619. The Morgan fingerprint density at radius 3 is 2.59 bits per heavy atom. The molecule has 1 fully saturated rings. The zero-order valence-corrected chi connectivity index (χ0v) is 17.4. The predicted molar refractivity (Wildman–Crippen MR) is 110 cm³/mol. The number of hydrogen-bond acceptors (Lipinski definition) is 2. The Morgan fingerprint density at radius 2 is 1.96 bits per heavy atom. The summed E-state index contributed by atoms with van der Waals surface area (Å²) in [7, 11) is 0. The first-order valence-corrected chi connectivity index (χ1v) is 10.3. The molecule has 0 radical (unpaired) electrons. The molecule has 1 heterocycles. The van der Waals surface area contributed by atoms with E-state index in [9.17, 15) is 9.59 Å². The molecule has 0 unspecified atom stereocenters. The quantitative estimate of drug-likeness (QED) is 0.722. The molecule has 1 aromatic rings. The van der Waals surface area contributed by atoms with Crippen LogP contribution >= 0.6 is 11.6 Å². The van der Waals surface area contributed by atoms with Crippen LogP contribution in [-0.4, -0.2) is 36.5 Å². The molecular formula is C21H32ClN3O2. The highest BCUT2D eigenvalue weighted by Crippen LogP contribution is 2.22. The molecule has 1 aliphatic rings. The van der Waals surface area contributed by atoms with Crippen molar-refractivity contribution < 1.29 is 9.59 Å². The number of nitrogens with one attached hydrogen (secondary N) is 2. The van der Waals surface area contributed by atoms with Gasteiger partial charge in [0.2, 0.25) is 5.91 Å². The minimum atomic E-state index is -0.0126. The zero-order valence-electron chi connectivity index (χ0n) is 16.6. The molecule has 3 amide bonds. The molecular weight excluding hydrogens is 362 g/mol. The number of amides is 3. The lowest BCUT2D eigenvalue weighted by molar-refractivity contribution is -0.123. The molecule has 0 saturated carbocycles. The Labute approximate surface area is 167 Å². The van der Waals surface area contributed by atoms with Gasteiger partial charge >= 0.3 is 6.03 Å². The van der Waals surface area contributed by atoms with Crippen molar-refractivity contribution in [2.24, 2.45) is 11.8 Å². The van der Waals surface area contributed by atoms with E-state index >= 15 is 0 Å². The lowest BCUT2D eigenvalue weighted by Crippen LogP contribution is -2.47. The number of benzene rings is 1. The van der Waals surface area contributed by atoms with Crippen molar-refractivity contribution in [1.82, 2.24) is 15.5 Å². The molecule has 0 bridgehead atoms. The van der Waals surface area contributed by atoms with Gasteiger partial charge in [-0.3, -0.25) is 4.79 Å². The second-order valence-electron chi connectivity index (χ2n) is 7.82. The Kier molecular flexibility index (Phi) is 8.42. The maximum atomic E-state index is 12.6. The molecule has 2 rings (SSSR count). The van der Waals surface area contributed by atoms with Crippen LogP contribution in [0.3, 0.4) is 0 Å². The average Bonchev–Trinajstić information content (AvgIpc) is 2.65. The third kappa shape index (κ3) is 7.06. The lowest BCUT2D eigenvalue weighted by Gasteiger charge is -2.33. The van der Waals surface area contributed by atoms with Crippen molar-refractivity contribution in [3.63, 3.8) is 0 Å². The van der Waals surface area contributed by atoms with Gasteiger partial charge in [-0.1, -0.05) is 44.5 Å². The number of urea groups is 1. The van der Waals surface area contributed by atoms with Gasteiger partial charge in [0.05, 0.1) is 6.04 Å². The Hall–Kier alpha value is -1.75. The summed E-state index contributed by atoms with van der Waals surface area (Å²) in [6, 6.07) is 7.59. The molecule has 0 aromatic heterocycles. The summed E-state index contributed by atoms with van der Waals surface area (Å²) in [5.41, 5.74) is 1.06. The summed E-state index contributed by atoms with van der Waals surface area (Å²) >= 11 is 5.95. The summed E-state index contributed by atoms with van der Waals surface area (Å²) in [6.07, 6.45) is 3.21. The second kappa shape index (κ2) is 10.5. The number of piperidine rings is 1. The maximum absolute atomic E-state index is 12.6. The van der Waals surface area contributed by atoms with E-state index in [1.54, 1.807) is 0 Å². The van der Waals surface area contributed by atoms with Crippen molar-refractivity contribution in [3.8, 4) is 0 Å². The van der Waals surface area contributed by atoms with Crippen LogP contribution in [0, 0.1) is 11.8 Å². The highest BCUT2D eigenvalue weighted by Gasteiger charge is 2.26. The van der Waals surface area contributed by atoms with E-state index in [4.69, 9.17) is 11.6 Å². The third-order valence-corrected chi connectivity index (χ3v) is 5.21. The van der Waals surface area contributed by atoms with Crippen LogP contribution in [-0.2, 0) is 4.79 Å². The summed E-state index contributed by atoms with van der Waals surface area (Å²) in [5.74, 6) is 0.691. The largest absolute Gasteiger partial charge is 0.349 e. The van der Waals surface area contributed by atoms with Crippen LogP contribution in [0.25, 0.3) is 0 Å². The fourth-order valence-corrected chi connectivity index (χ4v) is 3.58. The van der Waals surface area contributed by atoms with Gasteiger partial charge < -0.3 is 15.5 Å². The Bertz CT molecular complexity index is 618. The molecule has 5 nitrogen and oxygen atoms in total. The van der Waals surface area contributed by atoms with Gasteiger partial charge in [-0.2, -0.15) is 0 Å². The van der Waals surface area contributed by atoms with Gasteiger partial charge in [0.25, 0.3) is 0 Å². The first-order valence-electron chi connectivity index (χ1n) is 9.96. The molecule has 1 saturated heterocycles. The molecule has 6 heteroatoms. The third-order valence-electron chi connectivity index (χ3n) is 4.96. The summed E-state index contributed by atoms with van der Waals surface area (Å²) in [6.45, 7) is 8.31. The zero-order chi connectivity index (χ0) is 19.8. The molecule has 1 aromatic carbocycles. The SMILES string of the molecule is CC[C@H](NC(=O)C[C@@H]1CCCN(C(=O)NCC(C)C)C1)c1ccc(Cl)cc1. The van der Waals surface area contributed by atoms with E-state index in [2.05, 4.69) is 31.4 Å². The molecule has 2 N–H and O–H groups in total. The van der Waals surface area contributed by atoms with E-state index in [1.165, 1.54) is 0 Å². The van der Waals surface area contributed by atoms with Crippen molar-refractivity contribution >= 4 is 23.5 Å². The number of carbonyl (C=O) groups is 2. The van der Waals surface area contributed by atoms with E-state index in [0.29, 0.717) is 30.5 Å². The highest BCUT2D eigenvalue weighted by molar-refractivity contribution is 6.30. The van der Waals surface area contributed by atoms with Gasteiger partial charge in [0.1, 0.15) is 0 Å². The van der Waals surface area contributed by atoms with Crippen LogP contribution in [0.2, 0.25) is 5.02 Å². The van der Waals surface area contributed by atoms with E-state index in [0.717, 1.165) is 31.4 Å². The van der Waals surface area contributed by atoms with Gasteiger partial charge in [0, 0.05) is 31.1 Å². The number of hydrogen-bond donors (Lipinski definition) is 2. The second-order valence-corrected chi connectivity index (χ2v) is 8.25. The highest BCUT2D eigenvalue weighted by atomic mass is 35.5.